The molecular formula is C51H36BNO2. The summed E-state index contributed by atoms with van der Waals surface area (Å²) >= 11 is 0. The molecule has 55 heavy (non-hydrogen) atoms. The van der Waals surface area contributed by atoms with Gasteiger partial charge in [-0.15, -0.1) is 0 Å². The lowest BCUT2D eigenvalue weighted by molar-refractivity contribution is 0.465. The predicted molar refractivity (Wildman–Crippen MR) is 227 cm³/mol. The first-order chi connectivity index (χ1) is 27.0. The van der Waals surface area contributed by atoms with E-state index >= 15 is 0 Å². The highest BCUT2D eigenvalue weighted by molar-refractivity contribution is 6.98. The van der Waals surface area contributed by atoms with Crippen molar-refractivity contribution >= 4 is 40.2 Å². The summed E-state index contributed by atoms with van der Waals surface area (Å²) in [5.74, 6) is 3.48. The van der Waals surface area contributed by atoms with Crippen molar-refractivity contribution in [3.8, 4) is 56.4 Å². The van der Waals surface area contributed by atoms with E-state index in [1.165, 1.54) is 33.3 Å². The Bertz CT molecular complexity index is 2740. The van der Waals surface area contributed by atoms with Gasteiger partial charge in [-0.25, -0.2) is 0 Å². The molecule has 11 rings (SSSR count). The second-order valence-electron chi connectivity index (χ2n) is 15.3. The first-order valence-corrected chi connectivity index (χ1v) is 19.0. The first kappa shape index (κ1) is 31.7. The van der Waals surface area contributed by atoms with E-state index in [1.54, 1.807) is 0 Å². The average molecular weight is 706 g/mol. The molecule has 8 aromatic rings. The molecule has 0 amide bonds. The molecule has 4 heteroatoms. The molecule has 0 bridgehead atoms. The van der Waals surface area contributed by atoms with Crippen molar-refractivity contribution in [1.82, 2.24) is 0 Å². The van der Waals surface area contributed by atoms with E-state index in [1.807, 2.05) is 0 Å². The molecule has 8 aromatic carbocycles. The Balaban J connectivity index is 1.08. The zero-order valence-corrected chi connectivity index (χ0v) is 30.7. The second-order valence-corrected chi connectivity index (χ2v) is 15.3. The summed E-state index contributed by atoms with van der Waals surface area (Å²) in [4.78, 5) is 2.35. The molecule has 0 radical (unpaired) electrons. The minimum Gasteiger partial charge on any atom is -0.458 e. The molecule has 0 saturated heterocycles. The van der Waals surface area contributed by atoms with Gasteiger partial charge in [0.1, 0.15) is 23.0 Å². The Morgan fingerprint density at radius 2 is 0.927 bits per heavy atom. The number of benzene rings is 8. The molecule has 3 aliphatic rings. The number of nitrogens with zero attached hydrogens (tertiary/aromatic N) is 1. The molecule has 0 saturated carbocycles. The SMILES string of the molecule is CC1(C)c2cc(N(c3ccccc3)c3ccccc3)ccc2-c2cc3c(cc21)B1c2ccc(-c4ccccc4)cc2Oc2cc(-c4ccccc4)cc(c21)O3. The molecule has 0 spiro atoms. The van der Waals surface area contributed by atoms with E-state index in [9.17, 15) is 0 Å². The van der Waals surface area contributed by atoms with E-state index in [0.717, 1.165) is 67.7 Å². The molecule has 0 N–H and O–H groups in total. The van der Waals surface area contributed by atoms with Crippen molar-refractivity contribution in [3.63, 3.8) is 0 Å². The summed E-state index contributed by atoms with van der Waals surface area (Å²) in [6, 6.07) is 65.1. The minimum absolute atomic E-state index is 0.0424. The van der Waals surface area contributed by atoms with Gasteiger partial charge in [0.25, 0.3) is 6.71 Å². The van der Waals surface area contributed by atoms with Crippen LogP contribution in [0.5, 0.6) is 23.0 Å². The van der Waals surface area contributed by atoms with Crippen LogP contribution in [0.4, 0.5) is 17.1 Å². The Morgan fingerprint density at radius 3 is 1.55 bits per heavy atom. The van der Waals surface area contributed by atoms with Crippen molar-refractivity contribution < 1.29 is 9.47 Å². The van der Waals surface area contributed by atoms with Gasteiger partial charge < -0.3 is 14.4 Å². The highest BCUT2D eigenvalue weighted by Crippen LogP contribution is 2.52. The van der Waals surface area contributed by atoms with Crippen LogP contribution < -0.4 is 30.8 Å². The summed E-state index contributed by atoms with van der Waals surface area (Å²) in [7, 11) is 0. The monoisotopic (exact) mass is 705 g/mol. The van der Waals surface area contributed by atoms with Crippen LogP contribution in [0.2, 0.25) is 0 Å². The smallest absolute Gasteiger partial charge is 0.260 e. The first-order valence-electron chi connectivity index (χ1n) is 19.0. The van der Waals surface area contributed by atoms with E-state index < -0.39 is 0 Å². The minimum atomic E-state index is -0.250. The van der Waals surface area contributed by atoms with Gasteiger partial charge in [-0.2, -0.15) is 0 Å². The van der Waals surface area contributed by atoms with Gasteiger partial charge >= 0.3 is 0 Å². The zero-order chi connectivity index (χ0) is 36.7. The van der Waals surface area contributed by atoms with Gasteiger partial charge in [-0.05, 0) is 116 Å². The van der Waals surface area contributed by atoms with E-state index in [2.05, 4.69) is 201 Å². The average Bonchev–Trinajstić information content (AvgIpc) is 3.45. The Kier molecular flexibility index (Phi) is 6.99. The number of para-hydroxylation sites is 2. The van der Waals surface area contributed by atoms with Gasteiger partial charge in [0.05, 0.1) is 0 Å². The molecule has 0 unspecified atom stereocenters. The summed E-state index contributed by atoms with van der Waals surface area (Å²) in [5.41, 5.74) is 16.2. The summed E-state index contributed by atoms with van der Waals surface area (Å²) < 4.78 is 13.9. The number of rotatable bonds is 5. The van der Waals surface area contributed by atoms with E-state index in [0.29, 0.717) is 0 Å². The van der Waals surface area contributed by atoms with Crippen LogP contribution in [-0.2, 0) is 5.41 Å². The maximum absolute atomic E-state index is 6.99. The Labute approximate surface area is 322 Å². The maximum atomic E-state index is 6.99. The molecule has 1 aliphatic carbocycles. The van der Waals surface area contributed by atoms with Gasteiger partial charge in [0.2, 0.25) is 0 Å². The van der Waals surface area contributed by atoms with Gasteiger partial charge in [-0.1, -0.05) is 135 Å². The van der Waals surface area contributed by atoms with Crippen LogP contribution in [0.3, 0.4) is 0 Å². The largest absolute Gasteiger partial charge is 0.458 e. The Hall–Kier alpha value is -6.78. The number of anilines is 3. The number of hydrogen-bond acceptors (Lipinski definition) is 3. The molecule has 0 fully saturated rings. The van der Waals surface area contributed by atoms with Crippen molar-refractivity contribution in [2.45, 2.75) is 19.3 Å². The number of fused-ring (bicyclic) bond motifs is 7. The number of hydrogen-bond donors (Lipinski definition) is 0. The topological polar surface area (TPSA) is 21.7 Å². The fraction of sp³-hybridized carbons (Fsp3) is 0.0588. The van der Waals surface area contributed by atoms with Crippen molar-refractivity contribution in [2.24, 2.45) is 0 Å². The highest BCUT2D eigenvalue weighted by atomic mass is 16.5. The van der Waals surface area contributed by atoms with Crippen LogP contribution in [0.1, 0.15) is 25.0 Å². The van der Waals surface area contributed by atoms with Crippen molar-refractivity contribution in [1.29, 1.82) is 0 Å². The second kappa shape index (κ2) is 12.1. The number of ether oxygens (including phenoxy) is 2. The third-order valence-electron chi connectivity index (χ3n) is 11.8. The van der Waals surface area contributed by atoms with Gasteiger partial charge in [-0.3, -0.25) is 0 Å². The van der Waals surface area contributed by atoms with Gasteiger partial charge in [0, 0.05) is 27.9 Å². The fourth-order valence-electron chi connectivity index (χ4n) is 9.06. The molecular weight excluding hydrogens is 669 g/mol. The molecule has 3 nitrogen and oxygen atoms in total. The predicted octanol–water partition coefficient (Wildman–Crippen LogP) is 11.5. The van der Waals surface area contributed by atoms with E-state index in [4.69, 9.17) is 9.47 Å². The molecule has 0 aromatic heterocycles. The molecule has 0 atom stereocenters. The van der Waals surface area contributed by atoms with Gasteiger partial charge in [0.15, 0.2) is 0 Å². The summed E-state index contributed by atoms with van der Waals surface area (Å²) in [6.45, 7) is 4.68. The maximum Gasteiger partial charge on any atom is 0.260 e. The lowest BCUT2D eigenvalue weighted by Gasteiger charge is -2.34. The van der Waals surface area contributed by atoms with Crippen LogP contribution in [0, 0.1) is 0 Å². The van der Waals surface area contributed by atoms with Crippen molar-refractivity contribution in [2.75, 3.05) is 4.90 Å². The molecule has 260 valence electrons. The van der Waals surface area contributed by atoms with E-state index in [-0.39, 0.29) is 12.1 Å². The lowest BCUT2D eigenvalue weighted by Crippen LogP contribution is -2.57. The lowest BCUT2D eigenvalue weighted by atomic mass is 9.34. The van der Waals surface area contributed by atoms with Crippen LogP contribution in [0.15, 0.2) is 182 Å². The van der Waals surface area contributed by atoms with Crippen molar-refractivity contribution in [3.05, 3.63) is 193 Å². The third-order valence-corrected chi connectivity index (χ3v) is 11.8. The third kappa shape index (κ3) is 4.98. The van der Waals surface area contributed by atoms with Crippen LogP contribution in [0.25, 0.3) is 33.4 Å². The zero-order valence-electron chi connectivity index (χ0n) is 30.7. The molecule has 2 heterocycles. The quantitative estimate of drug-likeness (QED) is 0.166. The normalized spacial score (nSPS) is 13.7. The summed E-state index contributed by atoms with van der Waals surface area (Å²) in [6.07, 6.45) is 0. The fourth-order valence-corrected chi connectivity index (χ4v) is 9.06. The summed E-state index contributed by atoms with van der Waals surface area (Å²) in [5, 5.41) is 0. The van der Waals surface area contributed by atoms with Crippen LogP contribution in [-0.4, -0.2) is 6.71 Å². The molecule has 2 aliphatic heterocycles. The van der Waals surface area contributed by atoms with Crippen LogP contribution >= 0.6 is 0 Å². The Morgan fingerprint density at radius 1 is 0.400 bits per heavy atom. The highest BCUT2D eigenvalue weighted by Gasteiger charge is 2.44. The standard InChI is InChI=1S/C51H36BNO2/c1-51(2)42-30-39(53(37-19-11-5-12-20-37)38-21-13-6-14-22-38)24-25-40(42)41-31-47-45(32-43(41)51)52-44-26-23-35(33-15-7-3-8-16-33)27-46(44)54-48-28-36(29-49(55-47)50(48)52)34-17-9-4-10-18-34/h3-32H,1-2H3.